The van der Waals surface area contributed by atoms with E-state index >= 15 is 0 Å². The molecule has 0 atom stereocenters. The molecule has 0 heterocycles. The number of carbonyl (C=O) groups is 2. The Balaban J connectivity index is 2.16. The van der Waals surface area contributed by atoms with E-state index in [-0.39, 0.29) is 18.4 Å². The first-order chi connectivity index (χ1) is 9.79. The normalized spacial score (nSPS) is 11.0. The van der Waals surface area contributed by atoms with Crippen molar-refractivity contribution in [2.75, 3.05) is 18.8 Å². The molecule has 0 aliphatic heterocycles. The van der Waals surface area contributed by atoms with Crippen LogP contribution in [0, 0.1) is 12.3 Å². The molecule has 0 bridgehead atoms. The van der Waals surface area contributed by atoms with E-state index in [1.807, 2.05) is 20.8 Å². The molecule has 0 unspecified atom stereocenters. The predicted molar refractivity (Wildman–Crippen MR) is 87.4 cm³/mol. The molecular weight excluding hydrogens is 284 g/mol. The van der Waals surface area contributed by atoms with Crippen molar-refractivity contribution in [2.24, 2.45) is 5.41 Å². The first-order valence-electron chi connectivity index (χ1n) is 7.03. The van der Waals surface area contributed by atoms with Gasteiger partial charge in [0.15, 0.2) is 0 Å². The van der Waals surface area contributed by atoms with Crippen LogP contribution in [0.5, 0.6) is 0 Å². The minimum Gasteiger partial charge on any atom is -0.354 e. The lowest BCUT2D eigenvalue weighted by atomic mass is 9.96. The molecule has 1 aromatic rings. The summed E-state index contributed by atoms with van der Waals surface area (Å²) in [7, 11) is 0. The van der Waals surface area contributed by atoms with Gasteiger partial charge in [0.25, 0.3) is 0 Å². The van der Waals surface area contributed by atoms with E-state index in [4.69, 9.17) is 0 Å². The monoisotopic (exact) mass is 308 g/mol. The molecule has 0 aromatic heterocycles. The standard InChI is InChI=1S/C16H24N2O2S/c1-12-5-7-13(8-6-12)21-10-9-17-14(19)11-18-15(20)16(2,3)4/h5-8H,9-11H2,1-4H3,(H,17,19)(H,18,20). The lowest BCUT2D eigenvalue weighted by molar-refractivity contribution is -0.131. The van der Waals surface area contributed by atoms with Crippen LogP contribution in [-0.2, 0) is 9.59 Å². The second-order valence-corrected chi connectivity index (χ2v) is 7.11. The van der Waals surface area contributed by atoms with Crippen LogP contribution >= 0.6 is 11.8 Å². The zero-order valence-corrected chi connectivity index (χ0v) is 14.0. The van der Waals surface area contributed by atoms with Crippen LogP contribution in [0.4, 0.5) is 0 Å². The lowest BCUT2D eigenvalue weighted by Crippen LogP contribution is -2.42. The number of hydrogen-bond donors (Lipinski definition) is 2. The van der Waals surface area contributed by atoms with Gasteiger partial charge in [-0.2, -0.15) is 0 Å². The van der Waals surface area contributed by atoms with Gasteiger partial charge in [0.2, 0.25) is 11.8 Å². The molecule has 2 amide bonds. The molecule has 0 fully saturated rings. The maximum Gasteiger partial charge on any atom is 0.239 e. The van der Waals surface area contributed by atoms with Crippen LogP contribution in [0.1, 0.15) is 26.3 Å². The highest BCUT2D eigenvalue weighted by molar-refractivity contribution is 7.99. The lowest BCUT2D eigenvalue weighted by Gasteiger charge is -2.17. The largest absolute Gasteiger partial charge is 0.354 e. The summed E-state index contributed by atoms with van der Waals surface area (Å²) in [6.45, 7) is 8.13. The van der Waals surface area contributed by atoms with Crippen molar-refractivity contribution in [1.82, 2.24) is 10.6 Å². The first-order valence-corrected chi connectivity index (χ1v) is 8.02. The fraction of sp³-hybridized carbons (Fsp3) is 0.500. The average Bonchev–Trinajstić information content (AvgIpc) is 2.41. The molecule has 0 saturated carbocycles. The van der Waals surface area contributed by atoms with Crippen LogP contribution in [0.2, 0.25) is 0 Å². The SMILES string of the molecule is Cc1ccc(SCCNC(=O)CNC(=O)C(C)(C)C)cc1. The van der Waals surface area contributed by atoms with Gasteiger partial charge in [0, 0.05) is 22.6 Å². The fourth-order valence-corrected chi connectivity index (χ4v) is 2.25. The van der Waals surface area contributed by atoms with Crippen LogP contribution in [0.25, 0.3) is 0 Å². The Bertz CT molecular complexity index is 478. The summed E-state index contributed by atoms with van der Waals surface area (Å²) < 4.78 is 0. The van der Waals surface area contributed by atoms with Crippen LogP contribution in [0.15, 0.2) is 29.2 Å². The fourth-order valence-electron chi connectivity index (χ4n) is 1.48. The molecule has 0 spiro atoms. The number of amides is 2. The number of nitrogens with one attached hydrogen (secondary N) is 2. The predicted octanol–water partition coefficient (Wildman–Crippen LogP) is 2.37. The molecule has 5 heteroatoms. The number of rotatable bonds is 6. The van der Waals surface area contributed by atoms with E-state index in [2.05, 4.69) is 41.8 Å². The molecular formula is C16H24N2O2S. The van der Waals surface area contributed by atoms with Gasteiger partial charge in [-0.3, -0.25) is 9.59 Å². The number of thioether (sulfide) groups is 1. The van der Waals surface area contributed by atoms with Gasteiger partial charge < -0.3 is 10.6 Å². The minimum atomic E-state index is -0.471. The zero-order chi connectivity index (χ0) is 15.9. The molecule has 1 rings (SSSR count). The topological polar surface area (TPSA) is 58.2 Å². The quantitative estimate of drug-likeness (QED) is 0.626. The van der Waals surface area contributed by atoms with Crippen molar-refractivity contribution in [3.8, 4) is 0 Å². The molecule has 21 heavy (non-hydrogen) atoms. The summed E-state index contributed by atoms with van der Waals surface area (Å²) in [6.07, 6.45) is 0. The van der Waals surface area contributed by atoms with Gasteiger partial charge in [0.05, 0.1) is 6.54 Å². The molecule has 4 nitrogen and oxygen atoms in total. The summed E-state index contributed by atoms with van der Waals surface area (Å²) in [6, 6.07) is 8.29. The van der Waals surface area contributed by atoms with Gasteiger partial charge in [0.1, 0.15) is 0 Å². The Kier molecular flexibility index (Phi) is 6.75. The van der Waals surface area contributed by atoms with Gasteiger partial charge in [-0.1, -0.05) is 38.5 Å². The molecule has 0 aliphatic rings. The number of hydrogen-bond acceptors (Lipinski definition) is 3. The second kappa shape index (κ2) is 8.08. The Hall–Kier alpha value is -1.49. The number of carbonyl (C=O) groups excluding carboxylic acids is 2. The number of aryl methyl sites for hydroxylation is 1. The van der Waals surface area contributed by atoms with Crippen molar-refractivity contribution in [3.05, 3.63) is 29.8 Å². The molecule has 2 N–H and O–H groups in total. The third-order valence-corrected chi connectivity index (χ3v) is 3.82. The van der Waals surface area contributed by atoms with Gasteiger partial charge >= 0.3 is 0 Å². The van der Waals surface area contributed by atoms with Crippen molar-refractivity contribution >= 4 is 23.6 Å². The third-order valence-electron chi connectivity index (χ3n) is 2.80. The number of benzene rings is 1. The molecule has 0 saturated heterocycles. The molecule has 0 radical (unpaired) electrons. The van der Waals surface area contributed by atoms with Gasteiger partial charge in [-0.15, -0.1) is 11.8 Å². The molecule has 116 valence electrons. The van der Waals surface area contributed by atoms with E-state index in [0.29, 0.717) is 6.54 Å². The molecule has 1 aromatic carbocycles. The van der Waals surface area contributed by atoms with Crippen LogP contribution < -0.4 is 10.6 Å². The van der Waals surface area contributed by atoms with Crippen molar-refractivity contribution in [1.29, 1.82) is 0 Å². The highest BCUT2D eigenvalue weighted by Gasteiger charge is 2.21. The van der Waals surface area contributed by atoms with E-state index < -0.39 is 5.41 Å². The second-order valence-electron chi connectivity index (χ2n) is 5.94. The summed E-state index contributed by atoms with van der Waals surface area (Å²) >= 11 is 1.70. The zero-order valence-electron chi connectivity index (χ0n) is 13.2. The van der Waals surface area contributed by atoms with E-state index in [1.165, 1.54) is 10.5 Å². The third kappa shape index (κ3) is 7.18. The minimum absolute atomic E-state index is 0.0330. The Labute approximate surface area is 131 Å². The van der Waals surface area contributed by atoms with E-state index in [0.717, 1.165) is 5.75 Å². The van der Waals surface area contributed by atoms with Crippen LogP contribution in [0.3, 0.4) is 0 Å². The summed E-state index contributed by atoms with van der Waals surface area (Å²) in [5.74, 6) is 0.533. The smallest absolute Gasteiger partial charge is 0.239 e. The Morgan fingerprint density at radius 2 is 1.71 bits per heavy atom. The maximum atomic E-state index is 11.6. The summed E-state index contributed by atoms with van der Waals surface area (Å²) in [5.41, 5.74) is 0.768. The van der Waals surface area contributed by atoms with E-state index in [1.54, 1.807) is 11.8 Å². The average molecular weight is 308 g/mol. The highest BCUT2D eigenvalue weighted by Crippen LogP contribution is 2.17. The summed E-state index contributed by atoms with van der Waals surface area (Å²) in [5, 5.41) is 5.43. The maximum absolute atomic E-state index is 11.6. The van der Waals surface area contributed by atoms with E-state index in [9.17, 15) is 9.59 Å². The van der Waals surface area contributed by atoms with Crippen molar-refractivity contribution in [2.45, 2.75) is 32.6 Å². The van der Waals surface area contributed by atoms with Gasteiger partial charge in [-0.05, 0) is 19.1 Å². The van der Waals surface area contributed by atoms with Crippen LogP contribution in [-0.4, -0.2) is 30.7 Å². The first kappa shape index (κ1) is 17.6. The van der Waals surface area contributed by atoms with Crippen molar-refractivity contribution in [3.63, 3.8) is 0 Å². The highest BCUT2D eigenvalue weighted by atomic mass is 32.2. The Morgan fingerprint density at radius 3 is 2.29 bits per heavy atom. The molecule has 0 aliphatic carbocycles. The Morgan fingerprint density at radius 1 is 1.10 bits per heavy atom. The van der Waals surface area contributed by atoms with Gasteiger partial charge in [-0.25, -0.2) is 0 Å². The van der Waals surface area contributed by atoms with Crippen molar-refractivity contribution < 1.29 is 9.59 Å². The summed E-state index contributed by atoms with van der Waals surface area (Å²) in [4.78, 5) is 24.4.